The van der Waals surface area contributed by atoms with Crippen molar-refractivity contribution < 1.29 is 86.9 Å². The number of aromatic hydroxyl groups is 1. The maximum atomic E-state index is 15.3. The summed E-state index contributed by atoms with van der Waals surface area (Å²) in [6, 6.07) is 1.06. The minimum Gasteiger partial charge on any atom is -0.506 e. The minimum absolute atomic E-state index is 0.00134. The van der Waals surface area contributed by atoms with Crippen molar-refractivity contribution in [1.82, 2.24) is 66.1 Å². The summed E-state index contributed by atoms with van der Waals surface area (Å²) in [5.41, 5.74) is 2.91. The van der Waals surface area contributed by atoms with E-state index in [1.54, 1.807) is 56.4 Å². The van der Waals surface area contributed by atoms with Crippen LogP contribution in [0.15, 0.2) is 69.2 Å². The van der Waals surface area contributed by atoms with Crippen LogP contribution in [0.25, 0.3) is 49.3 Å². The molecule has 11 heterocycles. The Bertz CT molecular complexity index is 4620. The maximum Gasteiger partial charge on any atom is 0.358 e. The van der Waals surface area contributed by atoms with Gasteiger partial charge in [0.25, 0.3) is 29.5 Å². The Morgan fingerprint density at radius 2 is 1.52 bits per heavy atom. The van der Waals surface area contributed by atoms with Gasteiger partial charge in [0.2, 0.25) is 5.91 Å². The number of nitrogens with zero attached hydrogens (tertiary/aromatic N) is 8. The van der Waals surface area contributed by atoms with E-state index in [2.05, 4.69) is 48.1 Å². The molecule has 99 heavy (non-hydrogen) atoms. The summed E-state index contributed by atoms with van der Waals surface area (Å²) in [5, 5.41) is 55.7. The van der Waals surface area contributed by atoms with Crippen LogP contribution in [0.3, 0.4) is 0 Å². The number of allylic oxidation sites excluding steroid dienone is 1. The van der Waals surface area contributed by atoms with Gasteiger partial charge in [0.15, 0.2) is 18.1 Å². The zero-order chi connectivity index (χ0) is 70.6. The molecule has 32 nitrogen and oxygen atoms in total. The van der Waals surface area contributed by atoms with Gasteiger partial charge in [-0.1, -0.05) is 18.7 Å². The molecule has 8 aromatic rings. The second kappa shape index (κ2) is 28.0. The Labute approximate surface area is 581 Å². The van der Waals surface area contributed by atoms with E-state index in [1.807, 2.05) is 0 Å². The van der Waals surface area contributed by atoms with E-state index in [1.165, 1.54) is 60.4 Å². The number of pyridine rings is 1. The van der Waals surface area contributed by atoms with Gasteiger partial charge in [0, 0.05) is 49.8 Å². The zero-order valence-corrected chi connectivity index (χ0v) is 57.7. The van der Waals surface area contributed by atoms with Crippen LogP contribution in [0.4, 0.5) is 0 Å². The molecule has 0 spiro atoms. The average molecular weight is 1450 g/mol. The molecule has 0 radical (unpaired) electrons. The molecule has 10 N–H and O–H groups in total. The van der Waals surface area contributed by atoms with Crippen LogP contribution in [0.5, 0.6) is 5.75 Å². The fraction of sp³-hybridized carbons (Fsp3) is 0.355. The van der Waals surface area contributed by atoms with E-state index in [0.717, 1.165) is 56.7 Å². The van der Waals surface area contributed by atoms with Crippen molar-refractivity contribution in [1.29, 1.82) is 0 Å². The van der Waals surface area contributed by atoms with Crippen molar-refractivity contribution in [2.75, 3.05) is 34.9 Å². The topological polar surface area (TPSA) is 434 Å². The van der Waals surface area contributed by atoms with Gasteiger partial charge in [-0.25, -0.2) is 39.5 Å². The smallest absolute Gasteiger partial charge is 0.358 e. The highest BCUT2D eigenvalue weighted by molar-refractivity contribution is 7.14. The van der Waals surface area contributed by atoms with Crippen LogP contribution in [0, 0.1) is 0 Å². The molecule has 4 aliphatic heterocycles. The van der Waals surface area contributed by atoms with Crippen LogP contribution in [-0.2, 0) is 56.0 Å². The predicted octanol–water partition coefficient (Wildman–Crippen LogP) is 3.71. The lowest BCUT2D eigenvalue weighted by molar-refractivity contribution is -0.280. The average Bonchev–Trinajstić information content (AvgIpc) is 1.68. The number of ether oxygens (including phenoxy) is 6. The van der Waals surface area contributed by atoms with Gasteiger partial charge >= 0.3 is 11.9 Å². The molecule has 37 heteroatoms. The summed E-state index contributed by atoms with van der Waals surface area (Å²) in [7, 11) is 6.18. The molecule has 4 aliphatic rings. The van der Waals surface area contributed by atoms with Gasteiger partial charge in [0.1, 0.15) is 127 Å². The van der Waals surface area contributed by atoms with E-state index in [-0.39, 0.29) is 99.6 Å². The van der Waals surface area contributed by atoms with Crippen molar-refractivity contribution in [3.8, 4) is 38.4 Å². The first-order valence-corrected chi connectivity index (χ1v) is 34.5. The molecule has 0 aliphatic carbocycles. The second-order valence-corrected chi connectivity index (χ2v) is 27.8. The normalized spacial score (nSPS) is 23.9. The van der Waals surface area contributed by atoms with E-state index in [4.69, 9.17) is 53.9 Å². The lowest BCUT2D eigenvalue weighted by atomic mass is 9.85. The third-order valence-electron chi connectivity index (χ3n) is 16.5. The number of nitrogens with one attached hydrogen (secondary N) is 5. The Morgan fingerprint density at radius 3 is 2.22 bits per heavy atom. The van der Waals surface area contributed by atoms with Crippen LogP contribution in [0.1, 0.15) is 125 Å². The number of hydrogen-bond donors (Lipinski definition) is 9. The van der Waals surface area contributed by atoms with Gasteiger partial charge < -0.3 is 85.8 Å². The largest absolute Gasteiger partial charge is 0.506 e. The van der Waals surface area contributed by atoms with E-state index >= 15 is 19.2 Å². The van der Waals surface area contributed by atoms with Gasteiger partial charge in [0.05, 0.1) is 48.8 Å². The number of carbonyl (C=O) groups is 8. The highest BCUT2D eigenvalue weighted by Crippen LogP contribution is 2.43. The fourth-order valence-corrected chi connectivity index (χ4v) is 16.1. The van der Waals surface area contributed by atoms with Crippen molar-refractivity contribution in [2.45, 2.75) is 108 Å². The molecular formula is C62H62N14O18S5. The first-order chi connectivity index (χ1) is 47.2. The third-order valence-corrected chi connectivity index (χ3v) is 21.0. The predicted molar refractivity (Wildman–Crippen MR) is 355 cm³/mol. The number of amides is 6. The maximum absolute atomic E-state index is 15.3. The number of rotatable bonds is 10. The zero-order valence-electron chi connectivity index (χ0n) is 53.6. The van der Waals surface area contributed by atoms with E-state index in [0.29, 0.717) is 16.5 Å². The van der Waals surface area contributed by atoms with Gasteiger partial charge in [-0.05, 0) is 59.5 Å². The molecule has 12 rings (SSSR count). The SMILES string of the molecule is C=C(NC(=O)c1csc(-c2nc3c(cc2O)-c2nc(cs2)C(=O)N[C@@H]([C@@H](C)O)C(=O)N/C(=C(\C)OC)c2nc(cs2)C(=O)N[C@@H]2c4nc(cs4)C(=O)N[C@@H](COC(=O)c4c5c6c(cccc6n4OC)COC(=O)[C@@H](O[C@H]4C[C@](C)(O)[C@H](N(C)C)[C@H](C)O4)[C@H]2OC5)c2nc-3cs2)n1)C(N)=O. The lowest BCUT2D eigenvalue weighted by Gasteiger charge is -2.48. The van der Waals surface area contributed by atoms with Crippen molar-refractivity contribution >= 4 is 121 Å². The Balaban J connectivity index is 1.05. The number of methoxy groups -OCH3 is 1. The first kappa shape index (κ1) is 69.4. The minimum atomic E-state index is -1.89. The summed E-state index contributed by atoms with van der Waals surface area (Å²) in [6.45, 7) is 7.94. The molecule has 0 unspecified atom stereocenters. The third kappa shape index (κ3) is 13.7. The summed E-state index contributed by atoms with van der Waals surface area (Å²) < 4.78 is 39.2. The molecule has 1 fully saturated rings. The standard InChI is InChI=1S/C62H62N14O18S5/c1-23(49(63)79)64-50(80)32-20-98-58(69-32)43-37(78)13-28-42(71-43)31-18-96-56(66-31)30-17-92-60(85)45-29-16-90-46(47(94-38-14-62(5,87)48(75(6)7)26(4)93-38)61(86)91-15-27-11-10-12-36(39(27)29)76(45)89-9)44(59-70-33(21-99-59)51(81)65-30)74-53(83)35-22-97-57(68-35)41(25(3)88-8)73-54(84)40(24(2)77)72-52(82)34-19-95-55(28)67-34/h10-13,18-22,24,26,30,38,40,44,46-48,77-78,87H,1,14-17H2,2-9H3,(H2,63,79)(H,64,80)(H,65,81)(H,72,82)(H,73,84)(H,74,83)/b41-25+/t24-,26+,30+,38+,40+,44+,46+,47+,48-,62+/m1/s1. The number of cyclic esters (lactones) is 2. The number of fused-ring (bicyclic) bond motifs is 15. The molecule has 1 aromatic carbocycles. The van der Waals surface area contributed by atoms with Crippen LogP contribution >= 0.6 is 56.7 Å². The summed E-state index contributed by atoms with van der Waals surface area (Å²) >= 11 is 4.55. The first-order valence-electron chi connectivity index (χ1n) is 30.1. The number of carbonyl (C=O) groups excluding carboxylic acids is 8. The quantitative estimate of drug-likeness (QED) is 0.0535. The van der Waals surface area contributed by atoms with E-state index < -0.39 is 139 Å². The molecule has 0 saturated carbocycles. The molecule has 1 saturated heterocycles. The molecular weight excluding hydrogens is 1390 g/mol. The lowest BCUT2D eigenvalue weighted by Crippen LogP contribution is -2.62. The Morgan fingerprint density at radius 1 is 0.848 bits per heavy atom. The molecule has 518 valence electrons. The monoisotopic (exact) mass is 1450 g/mol. The Hall–Kier alpha value is -9.54. The van der Waals surface area contributed by atoms with Crippen molar-refractivity contribution in [3.05, 3.63) is 124 Å². The fourth-order valence-electron chi connectivity index (χ4n) is 11.9. The number of aliphatic hydroxyl groups excluding tert-OH is 1. The number of thiazole rings is 5. The summed E-state index contributed by atoms with van der Waals surface area (Å²) in [6.07, 6.45) is -7.43. The number of likely N-dealkylation sites (N-methyl/N-ethyl adjacent to an activating group) is 1. The van der Waals surface area contributed by atoms with E-state index in [9.17, 15) is 34.5 Å². The summed E-state index contributed by atoms with van der Waals surface area (Å²) in [4.78, 5) is 150. The number of esters is 2. The van der Waals surface area contributed by atoms with Crippen molar-refractivity contribution in [3.63, 3.8) is 0 Å². The molecule has 12 bridgehead atoms. The molecule has 10 atom stereocenters. The number of benzene rings is 1. The van der Waals surface area contributed by atoms with Crippen LogP contribution in [-0.4, -0.2) is 186 Å². The van der Waals surface area contributed by atoms with Crippen LogP contribution < -0.4 is 37.2 Å². The summed E-state index contributed by atoms with van der Waals surface area (Å²) in [5.74, 6) is -8.00. The number of aromatic nitrogens is 7. The number of aliphatic hydroxyl groups is 2. The highest BCUT2D eigenvalue weighted by Gasteiger charge is 2.50. The number of hydrogen-bond acceptors (Lipinski definition) is 30. The number of primary amides is 1. The van der Waals surface area contributed by atoms with Crippen LogP contribution in [0.2, 0.25) is 0 Å². The molecule has 7 aromatic heterocycles. The second-order valence-electron chi connectivity index (χ2n) is 23.5. The van der Waals surface area contributed by atoms with Gasteiger partial charge in [-0.15, -0.1) is 56.7 Å². The molecule has 6 amide bonds. The van der Waals surface area contributed by atoms with Crippen molar-refractivity contribution in [2.24, 2.45) is 5.73 Å². The Kier molecular flexibility index (Phi) is 19.6. The van der Waals surface area contributed by atoms with Gasteiger partial charge in [-0.2, -0.15) is 4.73 Å². The number of nitrogens with two attached hydrogens (primary N) is 1. The highest BCUT2D eigenvalue weighted by atomic mass is 32.1. The van der Waals surface area contributed by atoms with Gasteiger partial charge in [-0.3, -0.25) is 28.8 Å².